The molecule has 0 atom stereocenters. The molecule has 0 aromatic rings. The van der Waals surface area contributed by atoms with Crippen LogP contribution in [0.4, 0.5) is 0 Å². The van der Waals surface area contributed by atoms with Crippen molar-refractivity contribution in [2.45, 2.75) is 0 Å². The summed E-state index contributed by atoms with van der Waals surface area (Å²) in [5, 5.41) is 0. The molecule has 1 N–H and O–H groups in total. The van der Waals surface area contributed by atoms with Gasteiger partial charge in [0.05, 0.1) is 11.9 Å². The molecule has 1 nitrogen and oxygen atoms in total. The van der Waals surface area contributed by atoms with Crippen LogP contribution in [0.2, 0.25) is 0 Å². The Bertz CT molecular complexity index is 8.00. The van der Waals surface area contributed by atoms with E-state index in [9.17, 15) is 0 Å². The summed E-state index contributed by atoms with van der Waals surface area (Å²) >= 11 is 3.64. The van der Waals surface area contributed by atoms with Crippen molar-refractivity contribution in [2.24, 2.45) is 0 Å². The molecular weight excluding hydrogens is 134 g/mol. The van der Waals surface area contributed by atoms with Crippen LogP contribution in [0.25, 0.3) is 0 Å². The van der Waals surface area contributed by atoms with Gasteiger partial charge >= 0.3 is 0 Å². The van der Waals surface area contributed by atoms with Gasteiger partial charge in [0.2, 0.25) is 0 Å². The minimum atomic E-state index is 0. The van der Waals surface area contributed by atoms with Gasteiger partial charge in [-0.1, -0.05) is 0 Å². The molecule has 0 aliphatic heterocycles. The van der Waals surface area contributed by atoms with E-state index in [0.29, 0.717) is 0 Å². The summed E-state index contributed by atoms with van der Waals surface area (Å²) in [6.07, 6.45) is 0. The maximum Gasteiger partial charge on any atom is 0.187 e. The SMILES string of the molecule is OCl.[AlH3].[Fe]. The molecule has 0 unspecified atom stereocenters. The van der Waals surface area contributed by atoms with Crippen molar-refractivity contribution in [3.8, 4) is 0 Å². The van der Waals surface area contributed by atoms with E-state index in [1.54, 1.807) is 0 Å². The van der Waals surface area contributed by atoms with Crippen molar-refractivity contribution < 1.29 is 21.7 Å². The maximum atomic E-state index is 6.47. The molecule has 0 saturated carbocycles. The van der Waals surface area contributed by atoms with E-state index >= 15 is 0 Å². The first-order valence-corrected chi connectivity index (χ1v) is 0.507. The van der Waals surface area contributed by atoms with Gasteiger partial charge in [-0.3, -0.25) is 4.66 Å². The third-order valence-corrected chi connectivity index (χ3v) is 0. The Morgan fingerprint density at radius 3 is 1.25 bits per heavy atom. The van der Waals surface area contributed by atoms with Crippen LogP contribution in [0.15, 0.2) is 0 Å². The summed E-state index contributed by atoms with van der Waals surface area (Å²) in [5.41, 5.74) is 0. The van der Waals surface area contributed by atoms with Gasteiger partial charge in [-0.15, -0.1) is 0 Å². The van der Waals surface area contributed by atoms with E-state index in [0.717, 1.165) is 0 Å². The predicted molar refractivity (Wildman–Crippen MR) is 18.0 cm³/mol. The van der Waals surface area contributed by atoms with Crippen LogP contribution < -0.4 is 0 Å². The predicted octanol–water partition coefficient (Wildman–Crippen LogP) is -1.05. The zero-order valence-corrected chi connectivity index (χ0v) is 3.04. The molecule has 4 heavy (non-hydrogen) atoms. The van der Waals surface area contributed by atoms with E-state index in [1.165, 1.54) is 0 Å². The quantitative estimate of drug-likeness (QED) is 0.423. The zero-order valence-electron chi connectivity index (χ0n) is 1.18. The summed E-state index contributed by atoms with van der Waals surface area (Å²) < 4.78 is 6.47. The number of hydrogen-bond donors (Lipinski definition) is 1. The average Bonchev–Trinajstić information content (AvgIpc) is 1.00. The summed E-state index contributed by atoms with van der Waals surface area (Å²) in [6, 6.07) is 0. The molecule has 0 spiro atoms. The molecule has 0 saturated heterocycles. The summed E-state index contributed by atoms with van der Waals surface area (Å²) in [7, 11) is 0. The van der Waals surface area contributed by atoms with Gasteiger partial charge < -0.3 is 0 Å². The molecule has 0 radical (unpaired) electrons. The zero-order chi connectivity index (χ0) is 2.00. The van der Waals surface area contributed by atoms with E-state index in [2.05, 4.69) is 11.9 Å². The molecular formula is H4AlClFeO. The van der Waals surface area contributed by atoms with Crippen LogP contribution in [-0.2, 0) is 17.1 Å². The van der Waals surface area contributed by atoms with Gasteiger partial charge in [0.25, 0.3) is 0 Å². The normalized spacial score (nSPS) is 1.50. The standard InChI is InChI=1S/Al.ClHO.Fe.3H/c;1-2;;;;/h;2H;;;;. The van der Waals surface area contributed by atoms with Gasteiger partial charge in [-0.2, -0.15) is 0 Å². The first-order valence-electron chi connectivity index (χ1n) is 0.169. The Labute approximate surface area is 51.1 Å². The van der Waals surface area contributed by atoms with Crippen molar-refractivity contribution in [3.05, 3.63) is 0 Å². The molecule has 28 valence electrons. The van der Waals surface area contributed by atoms with Gasteiger partial charge in [0.15, 0.2) is 17.4 Å². The average molecular weight is 138 g/mol. The largest absolute Gasteiger partial charge is 0.295 e. The Balaban J connectivity index is -0.00000000500. The third-order valence-electron chi connectivity index (χ3n) is 0. The van der Waals surface area contributed by atoms with Gasteiger partial charge in [-0.05, 0) is 0 Å². The second kappa shape index (κ2) is 27.7. The summed E-state index contributed by atoms with van der Waals surface area (Å²) in [6.45, 7) is 0. The van der Waals surface area contributed by atoms with Crippen LogP contribution in [0, 0.1) is 0 Å². The Morgan fingerprint density at radius 1 is 1.25 bits per heavy atom. The molecule has 0 amide bonds. The van der Waals surface area contributed by atoms with Gasteiger partial charge in [0.1, 0.15) is 0 Å². The van der Waals surface area contributed by atoms with Crippen LogP contribution in [0.3, 0.4) is 0 Å². The Morgan fingerprint density at radius 2 is 1.25 bits per heavy atom. The molecule has 0 aromatic heterocycles. The van der Waals surface area contributed by atoms with E-state index in [-0.39, 0.29) is 34.4 Å². The van der Waals surface area contributed by atoms with E-state index in [1.807, 2.05) is 0 Å². The van der Waals surface area contributed by atoms with Crippen molar-refractivity contribution in [3.63, 3.8) is 0 Å². The Hall–Kier alpha value is 1.30. The van der Waals surface area contributed by atoms with Crippen molar-refractivity contribution in [1.82, 2.24) is 0 Å². The smallest absolute Gasteiger partial charge is 0.187 e. The minimum absolute atomic E-state index is 0. The monoisotopic (exact) mass is 138 g/mol. The van der Waals surface area contributed by atoms with Crippen LogP contribution >= 0.6 is 11.9 Å². The molecule has 0 fully saturated rings. The van der Waals surface area contributed by atoms with Crippen LogP contribution in [-0.4, -0.2) is 22.0 Å². The molecule has 0 rings (SSSR count). The van der Waals surface area contributed by atoms with Crippen LogP contribution in [0.5, 0.6) is 0 Å². The van der Waals surface area contributed by atoms with Crippen molar-refractivity contribution >= 4 is 29.2 Å². The first kappa shape index (κ1) is 18.5. The fourth-order valence-electron chi connectivity index (χ4n) is 0. The topological polar surface area (TPSA) is 20.2 Å². The molecule has 0 aliphatic carbocycles. The fourth-order valence-corrected chi connectivity index (χ4v) is 0. The van der Waals surface area contributed by atoms with Crippen molar-refractivity contribution in [1.29, 1.82) is 0 Å². The second-order valence-electron chi connectivity index (χ2n) is 0. The first-order chi connectivity index (χ1) is 1.00. The van der Waals surface area contributed by atoms with Gasteiger partial charge in [-0.25, -0.2) is 0 Å². The Kier molecular flexibility index (Phi) is 128. The molecule has 0 aromatic carbocycles. The second-order valence-corrected chi connectivity index (χ2v) is 0. The molecule has 0 aliphatic rings. The molecule has 4 heteroatoms. The summed E-state index contributed by atoms with van der Waals surface area (Å²) in [5.74, 6) is 0. The van der Waals surface area contributed by atoms with E-state index in [4.69, 9.17) is 4.66 Å². The summed E-state index contributed by atoms with van der Waals surface area (Å²) in [4.78, 5) is 0. The molecule has 0 bridgehead atoms. The third kappa shape index (κ3) is 10.3. The minimum Gasteiger partial charge on any atom is -0.295 e. The molecule has 0 heterocycles. The maximum absolute atomic E-state index is 6.47. The number of halogens is 1. The van der Waals surface area contributed by atoms with Crippen molar-refractivity contribution in [2.75, 3.05) is 0 Å². The van der Waals surface area contributed by atoms with Crippen LogP contribution in [0.1, 0.15) is 0 Å². The van der Waals surface area contributed by atoms with E-state index < -0.39 is 0 Å². The number of rotatable bonds is 0. The van der Waals surface area contributed by atoms with Gasteiger partial charge in [0, 0.05) is 17.1 Å². The number of hydrogen-bond acceptors (Lipinski definition) is 1. The fraction of sp³-hybridized carbons (Fsp3) is 0.